The second-order valence-electron chi connectivity index (χ2n) is 1.13. The van der Waals surface area contributed by atoms with Crippen LogP contribution in [0.2, 0.25) is 0 Å². The summed E-state index contributed by atoms with van der Waals surface area (Å²) in [6.45, 7) is 1.42. The molecule has 0 amide bonds. The Morgan fingerprint density at radius 1 is 2.00 bits per heavy atom. The van der Waals surface area contributed by atoms with Crippen molar-refractivity contribution < 1.29 is 9.90 Å². The number of hydrogen-bond donors (Lipinski definition) is 2. The van der Waals surface area contributed by atoms with E-state index in [4.69, 9.17) is 10.8 Å². The third kappa shape index (κ3) is 1.72. The zero-order chi connectivity index (χ0) is 5.15. The summed E-state index contributed by atoms with van der Waals surface area (Å²) in [5.41, 5.74) is 4.84. The van der Waals surface area contributed by atoms with Crippen molar-refractivity contribution in [1.82, 2.24) is 0 Å². The van der Waals surface area contributed by atoms with E-state index in [1.165, 1.54) is 6.92 Å². The molecule has 0 aliphatic carbocycles. The number of rotatable bonds is 1. The Hall–Kier alpha value is -0.570. The summed E-state index contributed by atoms with van der Waals surface area (Å²) in [7, 11) is 0. The number of hydrogen-bond acceptors (Lipinski definition) is 2. The number of carbonyl (C=O) groups is 1. The van der Waals surface area contributed by atoms with Gasteiger partial charge in [-0.25, -0.2) is 0 Å². The number of carboxylic acids is 1. The lowest BCUT2D eigenvalue weighted by Gasteiger charge is -1.90. The average molecular weight is 89.1 g/mol. The first kappa shape index (κ1) is 5.43. The first-order valence-electron chi connectivity index (χ1n) is 1.63. The van der Waals surface area contributed by atoms with Gasteiger partial charge in [0.15, 0.2) is 0 Å². The maximum absolute atomic E-state index is 9.57. The Bertz CT molecular complexity index is 59.8. The van der Waals surface area contributed by atoms with Gasteiger partial charge in [-0.3, -0.25) is 4.79 Å². The molecule has 36 valence electrons. The monoisotopic (exact) mass is 89.0 g/mol. The third-order valence-electron chi connectivity index (χ3n) is 0.390. The summed E-state index contributed by atoms with van der Waals surface area (Å²) < 4.78 is 0. The molecule has 0 radical (unpaired) electrons. The van der Waals surface area contributed by atoms with Gasteiger partial charge in [-0.2, -0.15) is 0 Å². The minimum absolute atomic E-state index is 0.731. The summed E-state index contributed by atoms with van der Waals surface area (Å²) in [5, 5.41) is 7.87. The van der Waals surface area contributed by atoms with Crippen LogP contribution in [-0.2, 0) is 4.79 Å². The molecular formula is C3H7NO2. The van der Waals surface area contributed by atoms with Gasteiger partial charge in [0.1, 0.15) is 6.04 Å². The van der Waals surface area contributed by atoms with Gasteiger partial charge in [-0.05, 0) is 6.92 Å². The fourth-order valence-electron chi connectivity index (χ4n) is 0. The van der Waals surface area contributed by atoms with Gasteiger partial charge in [-0.15, -0.1) is 0 Å². The molecule has 0 aromatic carbocycles. The third-order valence-corrected chi connectivity index (χ3v) is 0.390. The molecule has 3 N–H and O–H groups in total. The van der Waals surface area contributed by atoms with Gasteiger partial charge < -0.3 is 10.8 Å². The molecule has 6 heavy (non-hydrogen) atoms. The number of nitrogens with two attached hydrogens (primary N) is 1. The van der Waals surface area contributed by atoms with E-state index in [0.29, 0.717) is 0 Å². The van der Waals surface area contributed by atoms with E-state index in [9.17, 15) is 4.79 Å². The summed E-state index contributed by atoms with van der Waals surface area (Å²) in [5.74, 6) is -0.963. The zero-order valence-electron chi connectivity index (χ0n) is 3.51. The molecule has 1 atom stereocenters. The molecule has 0 saturated carbocycles. The van der Waals surface area contributed by atoms with Gasteiger partial charge >= 0.3 is 5.97 Å². The molecule has 0 unspecified atom stereocenters. The van der Waals surface area contributed by atoms with Crippen molar-refractivity contribution in [3.63, 3.8) is 0 Å². The molecule has 0 heterocycles. The Morgan fingerprint density at radius 3 is 2.17 bits per heavy atom. The molecule has 0 rings (SSSR count). The van der Waals surface area contributed by atoms with Crippen LogP contribution < -0.4 is 5.73 Å². The molecule has 0 saturated heterocycles. The second-order valence-corrected chi connectivity index (χ2v) is 1.13. The average Bonchev–Trinajstić information content (AvgIpc) is 1.36. The van der Waals surface area contributed by atoms with E-state index < -0.39 is 12.0 Å². The largest absolute Gasteiger partial charge is 0.480 e. The summed E-state index contributed by atoms with van der Waals surface area (Å²) >= 11 is 0. The van der Waals surface area contributed by atoms with Crippen molar-refractivity contribution in [3.05, 3.63) is 0 Å². The molecule has 0 spiro atoms. The van der Waals surface area contributed by atoms with Gasteiger partial charge in [0.05, 0.1) is 0 Å². The highest BCUT2D eigenvalue weighted by Gasteiger charge is 1.99. The van der Waals surface area contributed by atoms with E-state index in [0.717, 1.165) is 0 Å². The van der Waals surface area contributed by atoms with Gasteiger partial charge in [0.25, 0.3) is 0 Å². The standard InChI is InChI=1S/C3H7NO2/c1-2(4)3(5)6/h2H,4H2,1H3,(H,5,6)/t2-/m1/s1/i1+0,2+0,3+0. The van der Waals surface area contributed by atoms with Crippen LogP contribution in [-0.4, -0.2) is 17.1 Å². The van der Waals surface area contributed by atoms with E-state index >= 15 is 0 Å². The first-order chi connectivity index (χ1) is 2.64. The van der Waals surface area contributed by atoms with Crippen LogP contribution in [0.4, 0.5) is 0 Å². The lowest BCUT2D eigenvalue weighted by atomic mass is 10.4. The molecule has 3 nitrogen and oxygen atoms in total. The molecule has 0 aromatic heterocycles. The minimum Gasteiger partial charge on any atom is -0.480 e. The fraction of sp³-hybridized carbons (Fsp3) is 0.667. The number of carboxylic acid groups (broad SMARTS) is 1. The second kappa shape index (κ2) is 1.77. The van der Waals surface area contributed by atoms with E-state index in [2.05, 4.69) is 0 Å². The van der Waals surface area contributed by atoms with Crippen molar-refractivity contribution in [3.8, 4) is 0 Å². The van der Waals surface area contributed by atoms with Crippen LogP contribution in [0.15, 0.2) is 0 Å². The number of aliphatic carboxylic acids is 1. The molecule has 0 fully saturated rings. The quantitative estimate of drug-likeness (QED) is 0.451. The molecule has 0 bridgehead atoms. The first-order valence-corrected chi connectivity index (χ1v) is 1.63. The van der Waals surface area contributed by atoms with Crippen molar-refractivity contribution >= 4 is 5.97 Å². The topological polar surface area (TPSA) is 63.3 Å². The Labute approximate surface area is 35.8 Å². The van der Waals surface area contributed by atoms with E-state index in [1.54, 1.807) is 0 Å². The van der Waals surface area contributed by atoms with Crippen LogP contribution in [0.1, 0.15) is 6.92 Å². The van der Waals surface area contributed by atoms with E-state index in [1.807, 2.05) is 0 Å². The van der Waals surface area contributed by atoms with Crippen LogP contribution in [0.5, 0.6) is 0 Å². The Morgan fingerprint density at radius 2 is 2.17 bits per heavy atom. The predicted octanol–water partition coefficient (Wildman–Crippen LogP) is -0.582. The molecular weight excluding hydrogens is 82.0 g/mol. The van der Waals surface area contributed by atoms with Crippen molar-refractivity contribution in [1.29, 1.82) is 0 Å². The Kier molecular flexibility index (Phi) is 1.60. The van der Waals surface area contributed by atoms with Crippen LogP contribution in [0, 0.1) is 0 Å². The summed E-state index contributed by atoms with van der Waals surface area (Å²) in [4.78, 5) is 9.57. The highest BCUT2D eigenvalue weighted by Crippen LogP contribution is 1.68. The van der Waals surface area contributed by atoms with Crippen molar-refractivity contribution in [2.75, 3.05) is 0 Å². The van der Waals surface area contributed by atoms with Gasteiger partial charge in [0, 0.05) is 0 Å². The highest BCUT2D eigenvalue weighted by molar-refractivity contribution is 5.72. The maximum Gasteiger partial charge on any atom is 0.320 e. The lowest BCUT2D eigenvalue weighted by Crippen LogP contribution is -2.25. The van der Waals surface area contributed by atoms with Crippen LogP contribution in [0.3, 0.4) is 0 Å². The molecule has 0 aliphatic heterocycles. The van der Waals surface area contributed by atoms with E-state index in [-0.39, 0.29) is 0 Å². The Balaban J connectivity index is 3.26. The van der Waals surface area contributed by atoms with Crippen molar-refractivity contribution in [2.24, 2.45) is 5.73 Å². The van der Waals surface area contributed by atoms with Crippen LogP contribution in [0.25, 0.3) is 0 Å². The molecule has 3 heteroatoms. The SMILES string of the molecule is [12CH3][12C@@H](N)[12C](=O)O. The van der Waals surface area contributed by atoms with Gasteiger partial charge in [-0.1, -0.05) is 0 Å². The van der Waals surface area contributed by atoms with Crippen LogP contribution >= 0.6 is 0 Å². The highest BCUT2D eigenvalue weighted by atomic mass is 16.4. The smallest absolute Gasteiger partial charge is 0.320 e. The minimum atomic E-state index is -0.963. The predicted molar refractivity (Wildman–Crippen MR) is 21.3 cm³/mol. The zero-order valence-corrected chi connectivity index (χ0v) is 3.51. The lowest BCUT2D eigenvalue weighted by molar-refractivity contribution is -0.138. The summed E-state index contributed by atoms with van der Waals surface area (Å²) in [6.07, 6.45) is 0. The van der Waals surface area contributed by atoms with Gasteiger partial charge in [0.2, 0.25) is 0 Å². The summed E-state index contributed by atoms with van der Waals surface area (Å²) in [6, 6.07) is -0.731. The van der Waals surface area contributed by atoms with Crippen molar-refractivity contribution in [2.45, 2.75) is 13.0 Å². The fourth-order valence-corrected chi connectivity index (χ4v) is 0. The molecule has 0 aliphatic rings. The normalized spacial score (nSPS) is 13.7. The molecule has 0 aromatic rings. The maximum atomic E-state index is 9.57.